The number of ether oxygens (including phenoxy) is 1. The molecule has 1 unspecified atom stereocenters. The van der Waals surface area contributed by atoms with Crippen LogP contribution < -0.4 is 5.90 Å². The molecule has 0 rings (SSSR count). The number of carbonyl (C=O) groups excluding carboxylic acids is 1. The molecule has 0 saturated heterocycles. The van der Waals surface area contributed by atoms with Crippen molar-refractivity contribution < 1.29 is 31.0 Å². The van der Waals surface area contributed by atoms with Crippen LogP contribution in [-0.2, 0) is 23.9 Å². The summed E-state index contributed by atoms with van der Waals surface area (Å²) >= 11 is 1.22. The van der Waals surface area contributed by atoms with Gasteiger partial charge in [-0.1, -0.05) is 29.2 Å². The lowest BCUT2D eigenvalue weighted by atomic mass is 10.3. The van der Waals surface area contributed by atoms with Gasteiger partial charge < -0.3 is 4.74 Å². The van der Waals surface area contributed by atoms with E-state index in [1.165, 1.54) is 29.5 Å². The van der Waals surface area contributed by atoms with E-state index in [4.69, 9.17) is 0 Å². The Hall–Kier alpha value is -0.330. The smallest absolute Gasteiger partial charge is 0.383 e. The van der Waals surface area contributed by atoms with Crippen LogP contribution in [0.1, 0.15) is 13.3 Å². The van der Waals surface area contributed by atoms with Crippen molar-refractivity contribution in [1.29, 1.82) is 0 Å². The molecule has 0 aromatic carbocycles. The molecule has 0 radical (unpaired) electrons. The molecule has 0 spiro atoms. The normalized spacial score (nSPS) is 14.1. The number of alkyl halides is 3. The summed E-state index contributed by atoms with van der Waals surface area (Å²) in [5, 5.41) is -4.17. The van der Waals surface area contributed by atoms with Crippen molar-refractivity contribution in [1.82, 2.24) is 0 Å². The monoisotopic (exact) mass is 399 g/mol. The molecular formula is C8H12F2INO5S. The minimum atomic E-state index is -5.19. The van der Waals surface area contributed by atoms with Crippen LogP contribution >= 0.6 is 22.6 Å². The molecule has 18 heavy (non-hydrogen) atoms. The summed E-state index contributed by atoms with van der Waals surface area (Å²) in [5.74, 6) is 3.54. The SMILES string of the molecule is C=C(C)C(=O)OCCC(I)C(F)(F)S(=O)(=O)ON. The molecule has 0 amide bonds. The van der Waals surface area contributed by atoms with Crippen LogP contribution in [0.2, 0.25) is 0 Å². The Morgan fingerprint density at radius 1 is 1.56 bits per heavy atom. The average Bonchev–Trinajstić information content (AvgIpc) is 2.27. The van der Waals surface area contributed by atoms with Gasteiger partial charge in [-0.25, -0.2) is 4.79 Å². The van der Waals surface area contributed by atoms with Crippen LogP contribution in [0.5, 0.6) is 0 Å². The Balaban J connectivity index is 4.47. The standard InChI is InChI=1S/C8H12F2INO5S/c1-5(2)7(13)16-4-3-6(11)8(9,10)18(14,15)17-12/h6H,1,3-4,12H2,2H3. The van der Waals surface area contributed by atoms with E-state index in [9.17, 15) is 22.0 Å². The Morgan fingerprint density at radius 3 is 2.44 bits per heavy atom. The highest BCUT2D eigenvalue weighted by molar-refractivity contribution is 14.1. The van der Waals surface area contributed by atoms with Gasteiger partial charge in [0, 0.05) is 12.0 Å². The maximum atomic E-state index is 13.3. The van der Waals surface area contributed by atoms with E-state index in [1.807, 2.05) is 0 Å². The predicted octanol–water partition coefficient (Wildman–Crippen LogP) is 1.11. The molecule has 0 heterocycles. The number of rotatable bonds is 7. The van der Waals surface area contributed by atoms with Crippen molar-refractivity contribution in [3.63, 3.8) is 0 Å². The van der Waals surface area contributed by atoms with E-state index in [-0.39, 0.29) is 18.6 Å². The highest BCUT2D eigenvalue weighted by Gasteiger charge is 2.52. The van der Waals surface area contributed by atoms with Crippen molar-refractivity contribution in [3.05, 3.63) is 12.2 Å². The summed E-state index contributed by atoms with van der Waals surface area (Å²) in [4.78, 5) is 11.0. The molecular weight excluding hydrogens is 387 g/mol. The zero-order chi connectivity index (χ0) is 14.6. The van der Waals surface area contributed by atoms with Gasteiger partial charge in [0.15, 0.2) is 0 Å². The highest BCUT2D eigenvalue weighted by Crippen LogP contribution is 2.33. The number of carbonyl (C=O) groups is 1. The molecule has 0 aliphatic heterocycles. The first-order valence-corrected chi connectivity index (χ1v) is 7.19. The second-order valence-electron chi connectivity index (χ2n) is 3.28. The molecule has 0 aromatic rings. The molecule has 0 aliphatic carbocycles. The Labute approximate surface area is 117 Å². The predicted molar refractivity (Wildman–Crippen MR) is 67.3 cm³/mol. The fraction of sp³-hybridized carbons (Fsp3) is 0.625. The quantitative estimate of drug-likeness (QED) is 0.227. The van der Waals surface area contributed by atoms with Crippen LogP contribution in [0, 0.1) is 0 Å². The van der Waals surface area contributed by atoms with Gasteiger partial charge in [0.2, 0.25) is 0 Å². The third-order valence-corrected chi connectivity index (χ3v) is 4.81. The number of nitrogens with two attached hydrogens (primary N) is 1. The van der Waals surface area contributed by atoms with E-state index >= 15 is 0 Å². The van der Waals surface area contributed by atoms with Crippen molar-refractivity contribution in [3.8, 4) is 0 Å². The van der Waals surface area contributed by atoms with Crippen molar-refractivity contribution >= 4 is 38.7 Å². The molecule has 2 N–H and O–H groups in total. The maximum absolute atomic E-state index is 13.3. The first-order chi connectivity index (χ1) is 8.06. The fourth-order valence-corrected chi connectivity index (χ4v) is 2.51. The zero-order valence-electron chi connectivity index (χ0n) is 9.36. The lowest BCUT2D eigenvalue weighted by Crippen LogP contribution is -2.41. The summed E-state index contributed by atoms with van der Waals surface area (Å²) < 4.78 is 54.5. The van der Waals surface area contributed by atoms with E-state index in [2.05, 4.69) is 21.5 Å². The molecule has 10 heteroatoms. The summed E-state index contributed by atoms with van der Waals surface area (Å²) in [5.41, 5.74) is 0.115. The largest absolute Gasteiger partial charge is 0.462 e. The van der Waals surface area contributed by atoms with Gasteiger partial charge in [-0.15, -0.1) is 0 Å². The molecule has 106 valence electrons. The van der Waals surface area contributed by atoms with Crippen LogP contribution in [0.25, 0.3) is 0 Å². The second-order valence-corrected chi connectivity index (χ2v) is 6.43. The van der Waals surface area contributed by atoms with Crippen LogP contribution in [0.3, 0.4) is 0 Å². The minimum absolute atomic E-state index is 0.115. The molecule has 0 bridgehead atoms. The van der Waals surface area contributed by atoms with E-state index < -0.39 is 25.3 Å². The first-order valence-electron chi connectivity index (χ1n) is 4.53. The Kier molecular flexibility index (Phi) is 6.60. The Morgan fingerprint density at radius 2 is 2.06 bits per heavy atom. The van der Waals surface area contributed by atoms with Gasteiger partial charge in [-0.3, -0.25) is 0 Å². The van der Waals surface area contributed by atoms with Gasteiger partial charge in [-0.05, 0) is 6.92 Å². The van der Waals surface area contributed by atoms with Crippen LogP contribution in [0.15, 0.2) is 12.2 Å². The average molecular weight is 399 g/mol. The highest BCUT2D eigenvalue weighted by atomic mass is 127. The van der Waals surface area contributed by atoms with E-state index in [1.54, 1.807) is 0 Å². The molecule has 0 fully saturated rings. The van der Waals surface area contributed by atoms with Crippen molar-refractivity contribution in [2.75, 3.05) is 6.61 Å². The third kappa shape index (κ3) is 4.40. The fourth-order valence-electron chi connectivity index (χ4n) is 0.767. The molecule has 0 saturated carbocycles. The molecule has 6 nitrogen and oxygen atoms in total. The molecule has 0 aromatic heterocycles. The topological polar surface area (TPSA) is 95.7 Å². The zero-order valence-corrected chi connectivity index (χ0v) is 12.3. The lowest BCUT2D eigenvalue weighted by Gasteiger charge is -2.20. The second kappa shape index (κ2) is 6.73. The van der Waals surface area contributed by atoms with Gasteiger partial charge in [0.1, 0.15) is 0 Å². The van der Waals surface area contributed by atoms with Crippen molar-refractivity contribution in [2.45, 2.75) is 22.5 Å². The Bertz CT molecular complexity index is 425. The lowest BCUT2D eigenvalue weighted by molar-refractivity contribution is -0.139. The molecule has 1 atom stereocenters. The third-order valence-electron chi connectivity index (χ3n) is 1.78. The van der Waals surface area contributed by atoms with Gasteiger partial charge in [-0.2, -0.15) is 27.4 Å². The summed E-state index contributed by atoms with van der Waals surface area (Å²) in [6.45, 7) is 4.33. The van der Waals surface area contributed by atoms with Gasteiger partial charge >= 0.3 is 21.3 Å². The minimum Gasteiger partial charge on any atom is -0.462 e. The van der Waals surface area contributed by atoms with Gasteiger partial charge in [0.05, 0.1) is 10.5 Å². The number of hydrogen-bond acceptors (Lipinski definition) is 6. The van der Waals surface area contributed by atoms with Crippen LogP contribution in [0.4, 0.5) is 8.78 Å². The number of hydrogen-bond donors (Lipinski definition) is 1. The van der Waals surface area contributed by atoms with Gasteiger partial charge in [0.25, 0.3) is 0 Å². The first kappa shape index (κ1) is 17.7. The van der Waals surface area contributed by atoms with E-state index in [0.29, 0.717) is 0 Å². The van der Waals surface area contributed by atoms with Crippen molar-refractivity contribution in [2.24, 2.45) is 5.90 Å². The summed E-state index contributed by atoms with van der Waals surface area (Å²) in [7, 11) is -5.19. The number of esters is 1. The number of halogens is 3. The van der Waals surface area contributed by atoms with E-state index in [0.717, 1.165) is 0 Å². The van der Waals surface area contributed by atoms with Crippen LogP contribution in [-0.4, -0.2) is 30.2 Å². The maximum Gasteiger partial charge on any atom is 0.383 e. The summed E-state index contributed by atoms with van der Waals surface area (Å²) in [6, 6.07) is 0. The molecule has 0 aliphatic rings. The summed E-state index contributed by atoms with van der Waals surface area (Å²) in [6.07, 6.45) is -0.380.